The molecular weight excluding hydrogens is 356 g/mol. The van der Waals surface area contributed by atoms with Crippen LogP contribution in [0.3, 0.4) is 0 Å². The maximum Gasteiger partial charge on any atom is 0.320 e. The Kier molecular flexibility index (Phi) is 4.05. The predicted molar refractivity (Wildman–Crippen MR) is 101 cm³/mol. The van der Waals surface area contributed by atoms with Gasteiger partial charge in [-0.05, 0) is 81.6 Å². The molecule has 4 bridgehead atoms. The second kappa shape index (κ2) is 6.17. The molecule has 6 aliphatic rings. The van der Waals surface area contributed by atoms with Gasteiger partial charge in [-0.2, -0.15) is 5.26 Å². The highest BCUT2D eigenvalue weighted by molar-refractivity contribution is 5.84. The van der Waals surface area contributed by atoms with E-state index in [1.165, 1.54) is 0 Å². The number of carbonyl (C=O) groups excluding carboxylic acids is 2. The Balaban J connectivity index is 1.39. The first-order chi connectivity index (χ1) is 13.4. The number of nitrogens with zero attached hydrogens (tertiary/aromatic N) is 2. The first kappa shape index (κ1) is 18.4. The van der Waals surface area contributed by atoms with Gasteiger partial charge in [-0.1, -0.05) is 0 Å². The van der Waals surface area contributed by atoms with Gasteiger partial charge in [0.1, 0.15) is 11.6 Å². The number of piperidine rings is 1. The molecule has 8 atom stereocenters. The number of nitrogens with two attached hydrogens (primary N) is 1. The smallest absolute Gasteiger partial charge is 0.320 e. The quantitative estimate of drug-likeness (QED) is 0.681. The fraction of sp³-hybridized carbons (Fsp3) is 0.857. The zero-order valence-electron chi connectivity index (χ0n) is 16.5. The topological polar surface area (TPSA) is 108 Å². The van der Waals surface area contributed by atoms with Gasteiger partial charge in [-0.3, -0.25) is 9.59 Å². The molecule has 7 heteroatoms. The lowest BCUT2D eigenvalue weighted by atomic mass is 9.46. The molecule has 0 radical (unpaired) electrons. The Hall–Kier alpha value is -1.65. The van der Waals surface area contributed by atoms with Gasteiger partial charge in [-0.15, -0.1) is 0 Å². The van der Waals surface area contributed by atoms with Gasteiger partial charge in [0.2, 0.25) is 5.91 Å². The van der Waals surface area contributed by atoms with E-state index in [0.717, 1.165) is 44.9 Å². The lowest BCUT2D eigenvalue weighted by Gasteiger charge is -2.62. The van der Waals surface area contributed by atoms with Crippen molar-refractivity contribution in [2.24, 2.45) is 28.9 Å². The number of carbonyl (C=O) groups is 2. The number of amides is 1. The summed E-state index contributed by atoms with van der Waals surface area (Å²) in [6.45, 7) is 0.204. The standard InChI is InChI=1S/C21H30N4O3/c1-24-10-17(26)28-21-7-12-2-13(8-21)6-20(5-12,11-21)18(23)19(27)25-15(9-22)3-14-4-16(14)25/h12-16,18,24H,2-8,10-11,23H2,1H3/t12-,13?,14?,15-,16?,18+,20?,21?/m0/s1. The summed E-state index contributed by atoms with van der Waals surface area (Å²) in [5, 5.41) is 12.3. The molecule has 5 unspecified atom stereocenters. The van der Waals surface area contributed by atoms with Crippen molar-refractivity contribution in [3.05, 3.63) is 0 Å². The van der Waals surface area contributed by atoms with Crippen molar-refractivity contribution < 1.29 is 14.3 Å². The Morgan fingerprint density at radius 2 is 1.96 bits per heavy atom. The number of hydrogen-bond acceptors (Lipinski definition) is 6. The van der Waals surface area contributed by atoms with Crippen LogP contribution in [0.5, 0.6) is 0 Å². The van der Waals surface area contributed by atoms with E-state index in [-0.39, 0.29) is 35.9 Å². The van der Waals surface area contributed by atoms with E-state index in [1.807, 2.05) is 0 Å². The van der Waals surface area contributed by atoms with Crippen molar-refractivity contribution in [2.75, 3.05) is 13.6 Å². The van der Waals surface area contributed by atoms with Gasteiger partial charge in [0.15, 0.2) is 0 Å². The van der Waals surface area contributed by atoms with Crippen LogP contribution in [0.2, 0.25) is 0 Å². The van der Waals surface area contributed by atoms with E-state index >= 15 is 0 Å². The minimum Gasteiger partial charge on any atom is -0.458 e. The fourth-order valence-electron chi connectivity index (χ4n) is 7.46. The third-order valence-electron chi connectivity index (χ3n) is 8.14. The lowest BCUT2D eigenvalue weighted by molar-refractivity contribution is -0.205. The number of rotatable bonds is 5. The average Bonchev–Trinajstić information content (AvgIpc) is 3.29. The summed E-state index contributed by atoms with van der Waals surface area (Å²) in [6, 6.07) is 1.61. The van der Waals surface area contributed by atoms with E-state index in [2.05, 4.69) is 11.4 Å². The van der Waals surface area contributed by atoms with Gasteiger partial charge in [-0.25, -0.2) is 0 Å². The molecule has 0 aromatic heterocycles. The lowest BCUT2D eigenvalue weighted by Crippen LogP contribution is -2.65. The number of fused-ring (bicyclic) bond motifs is 1. The largest absolute Gasteiger partial charge is 0.458 e. The highest BCUT2D eigenvalue weighted by Crippen LogP contribution is 2.64. The predicted octanol–water partition coefficient (Wildman–Crippen LogP) is 0.928. The molecule has 3 N–H and O–H groups in total. The molecule has 0 aromatic rings. The highest BCUT2D eigenvalue weighted by Gasteiger charge is 2.64. The Morgan fingerprint density at radius 3 is 2.61 bits per heavy atom. The monoisotopic (exact) mass is 386 g/mol. The molecule has 0 aromatic carbocycles. The van der Waals surface area contributed by atoms with Crippen molar-refractivity contribution >= 4 is 11.9 Å². The molecule has 1 aliphatic heterocycles. The van der Waals surface area contributed by atoms with E-state index in [0.29, 0.717) is 24.2 Å². The van der Waals surface area contributed by atoms with Crippen LogP contribution < -0.4 is 11.1 Å². The van der Waals surface area contributed by atoms with Gasteiger partial charge in [0, 0.05) is 6.04 Å². The summed E-state index contributed by atoms with van der Waals surface area (Å²) in [7, 11) is 1.74. The summed E-state index contributed by atoms with van der Waals surface area (Å²) < 4.78 is 6.01. The molecule has 6 fully saturated rings. The summed E-state index contributed by atoms with van der Waals surface area (Å²) >= 11 is 0. The van der Waals surface area contributed by atoms with Crippen LogP contribution in [0.1, 0.15) is 51.4 Å². The third kappa shape index (κ3) is 2.68. The van der Waals surface area contributed by atoms with Crippen LogP contribution >= 0.6 is 0 Å². The van der Waals surface area contributed by atoms with Crippen LogP contribution in [0.4, 0.5) is 0 Å². The molecule has 1 amide bonds. The molecule has 6 rings (SSSR count). The normalized spacial score (nSPS) is 46.0. The maximum absolute atomic E-state index is 13.4. The van der Waals surface area contributed by atoms with Gasteiger partial charge in [0.25, 0.3) is 0 Å². The second-order valence-corrected chi connectivity index (χ2v) is 10.2. The third-order valence-corrected chi connectivity index (χ3v) is 8.14. The summed E-state index contributed by atoms with van der Waals surface area (Å²) in [6.07, 6.45) is 7.34. The zero-order chi connectivity index (χ0) is 19.7. The first-order valence-electron chi connectivity index (χ1n) is 10.7. The van der Waals surface area contributed by atoms with Crippen LogP contribution in [-0.2, 0) is 14.3 Å². The van der Waals surface area contributed by atoms with E-state index in [4.69, 9.17) is 10.5 Å². The number of nitriles is 1. The molecule has 1 heterocycles. The van der Waals surface area contributed by atoms with Crippen molar-refractivity contribution in [2.45, 2.75) is 75.1 Å². The molecule has 7 nitrogen and oxygen atoms in total. The SMILES string of the molecule is CNCC(=O)OC12CC3C[C@H](C1)CC([C@H](N)C(=O)N1C4CC4C[C@H]1C#N)(C3)C2. The zero-order valence-corrected chi connectivity index (χ0v) is 16.5. The Morgan fingerprint density at radius 1 is 1.25 bits per heavy atom. The number of hydrogen-bond donors (Lipinski definition) is 2. The average molecular weight is 386 g/mol. The molecular formula is C21H30N4O3. The maximum atomic E-state index is 13.4. The highest BCUT2D eigenvalue weighted by atomic mass is 16.6. The minimum absolute atomic E-state index is 0.0461. The number of esters is 1. The van der Waals surface area contributed by atoms with Crippen LogP contribution in [0.25, 0.3) is 0 Å². The van der Waals surface area contributed by atoms with Gasteiger partial charge >= 0.3 is 5.97 Å². The van der Waals surface area contributed by atoms with Crippen molar-refractivity contribution in [1.29, 1.82) is 5.26 Å². The van der Waals surface area contributed by atoms with Crippen molar-refractivity contribution in [3.63, 3.8) is 0 Å². The van der Waals surface area contributed by atoms with Crippen LogP contribution in [0.15, 0.2) is 0 Å². The number of likely N-dealkylation sites (tertiary alicyclic amines) is 1. The van der Waals surface area contributed by atoms with Crippen LogP contribution in [-0.4, -0.2) is 54.1 Å². The Labute approximate surface area is 165 Å². The Bertz CT molecular complexity index is 732. The van der Waals surface area contributed by atoms with Gasteiger partial charge < -0.3 is 20.7 Å². The van der Waals surface area contributed by atoms with E-state index in [9.17, 15) is 14.9 Å². The van der Waals surface area contributed by atoms with Crippen LogP contribution in [0, 0.1) is 34.5 Å². The number of likely N-dealkylation sites (N-methyl/N-ethyl adjacent to an activating group) is 1. The molecule has 152 valence electrons. The first-order valence-corrected chi connectivity index (χ1v) is 10.7. The summed E-state index contributed by atoms with van der Waals surface area (Å²) in [5.74, 6) is 1.17. The molecule has 5 saturated carbocycles. The number of ether oxygens (including phenoxy) is 1. The van der Waals surface area contributed by atoms with Crippen molar-refractivity contribution in [3.8, 4) is 6.07 Å². The second-order valence-electron chi connectivity index (χ2n) is 10.2. The molecule has 28 heavy (non-hydrogen) atoms. The summed E-state index contributed by atoms with van der Waals surface area (Å²) in [5.41, 5.74) is 5.93. The van der Waals surface area contributed by atoms with E-state index in [1.54, 1.807) is 11.9 Å². The molecule has 0 spiro atoms. The summed E-state index contributed by atoms with van der Waals surface area (Å²) in [4.78, 5) is 27.5. The van der Waals surface area contributed by atoms with Gasteiger partial charge in [0.05, 0.1) is 18.7 Å². The van der Waals surface area contributed by atoms with E-state index < -0.39 is 11.6 Å². The minimum atomic E-state index is -0.601. The number of nitrogens with one attached hydrogen (secondary N) is 1. The molecule has 5 aliphatic carbocycles. The fourth-order valence-corrected chi connectivity index (χ4v) is 7.46. The molecule has 1 saturated heterocycles. The van der Waals surface area contributed by atoms with Crippen molar-refractivity contribution in [1.82, 2.24) is 10.2 Å².